The average Bonchev–Trinajstić information content (AvgIpc) is 2.25. The minimum absolute atomic E-state index is 0.640. The second-order valence-electron chi connectivity index (χ2n) is 3.47. The Bertz CT molecular complexity index is 448. The fraction of sp³-hybridized carbons (Fsp3) is 0.0769. The van der Waals surface area contributed by atoms with Crippen LogP contribution in [0.2, 0.25) is 5.02 Å². The van der Waals surface area contributed by atoms with Crippen molar-refractivity contribution in [2.75, 3.05) is 0 Å². The molecule has 0 saturated carbocycles. The van der Waals surface area contributed by atoms with Gasteiger partial charge in [-0.05, 0) is 23.6 Å². The van der Waals surface area contributed by atoms with Gasteiger partial charge in [-0.2, -0.15) is 0 Å². The first-order chi connectivity index (χ1) is 7.25. The summed E-state index contributed by atoms with van der Waals surface area (Å²) < 4.78 is 0. The van der Waals surface area contributed by atoms with E-state index in [0.717, 1.165) is 5.02 Å². The summed E-state index contributed by atoms with van der Waals surface area (Å²) in [5.74, 6) is 0. The molecule has 0 spiro atoms. The molecule has 76 valence electrons. The maximum Gasteiger partial charge on any atom is 0.0483 e. The lowest BCUT2D eigenvalue weighted by Crippen LogP contribution is -2.03. The molecule has 0 radical (unpaired) electrons. The third-order valence-electron chi connectivity index (χ3n) is 2.20. The molecule has 0 aliphatic carbocycles. The van der Waals surface area contributed by atoms with Crippen LogP contribution in [-0.4, -0.2) is 0 Å². The van der Waals surface area contributed by atoms with E-state index in [4.69, 9.17) is 11.6 Å². The number of aryl methyl sites for hydroxylation is 1. The smallest absolute Gasteiger partial charge is 0.0483 e. The van der Waals surface area contributed by atoms with Gasteiger partial charge in [-0.25, -0.2) is 0 Å². The number of benzene rings is 2. The molecule has 2 aromatic carbocycles. The van der Waals surface area contributed by atoms with E-state index in [1.165, 1.54) is 16.2 Å². The molecule has 15 heavy (non-hydrogen) atoms. The van der Waals surface area contributed by atoms with Gasteiger partial charge in [-0.15, -0.1) is 0 Å². The Morgan fingerprint density at radius 2 is 1.60 bits per heavy atom. The highest BCUT2D eigenvalue weighted by atomic mass is 35.5. The van der Waals surface area contributed by atoms with Gasteiger partial charge in [0.2, 0.25) is 0 Å². The van der Waals surface area contributed by atoms with Crippen molar-refractivity contribution in [2.45, 2.75) is 6.92 Å². The fourth-order valence-corrected chi connectivity index (χ4v) is 2.66. The Morgan fingerprint density at radius 1 is 0.933 bits per heavy atom. The lowest BCUT2D eigenvalue weighted by molar-refractivity contribution is 1.49. The summed E-state index contributed by atoms with van der Waals surface area (Å²) in [7, 11) is 0.640. The number of hydrogen-bond acceptors (Lipinski definition) is 0. The summed E-state index contributed by atoms with van der Waals surface area (Å²) in [5, 5.41) is 3.40. The number of halogens is 1. The molecule has 0 amide bonds. The van der Waals surface area contributed by atoms with Gasteiger partial charge >= 0.3 is 0 Å². The molecule has 0 fully saturated rings. The van der Waals surface area contributed by atoms with Gasteiger partial charge in [0.1, 0.15) is 0 Å². The van der Waals surface area contributed by atoms with Crippen molar-refractivity contribution < 1.29 is 0 Å². The molecule has 0 bridgehead atoms. The van der Waals surface area contributed by atoms with Crippen LogP contribution in [-0.2, 0) is 0 Å². The molecule has 0 aromatic heterocycles. The van der Waals surface area contributed by atoms with Crippen molar-refractivity contribution in [1.82, 2.24) is 0 Å². The lowest BCUT2D eigenvalue weighted by Gasteiger charge is -2.04. The van der Waals surface area contributed by atoms with Gasteiger partial charge in [0.05, 0.1) is 0 Å². The zero-order chi connectivity index (χ0) is 10.7. The molecular formula is C13H12ClP. The van der Waals surface area contributed by atoms with Gasteiger partial charge < -0.3 is 0 Å². The van der Waals surface area contributed by atoms with Crippen LogP contribution in [0, 0.1) is 6.92 Å². The van der Waals surface area contributed by atoms with E-state index in [0.29, 0.717) is 8.58 Å². The second-order valence-corrected chi connectivity index (χ2v) is 5.24. The third kappa shape index (κ3) is 2.81. The lowest BCUT2D eigenvalue weighted by atomic mass is 10.2. The zero-order valence-corrected chi connectivity index (χ0v) is 10.3. The number of hydrogen-bond donors (Lipinski definition) is 0. The van der Waals surface area contributed by atoms with Crippen LogP contribution in [0.25, 0.3) is 0 Å². The first-order valence-corrected chi connectivity index (χ1v) is 6.22. The maximum atomic E-state index is 6.11. The molecule has 2 aromatic rings. The maximum absolute atomic E-state index is 6.11. The SMILES string of the molecule is Cc1ccc(Pc2ccccc2Cl)cc1. The quantitative estimate of drug-likeness (QED) is 0.700. The Morgan fingerprint density at radius 3 is 2.27 bits per heavy atom. The monoisotopic (exact) mass is 234 g/mol. The van der Waals surface area contributed by atoms with E-state index in [1.54, 1.807) is 0 Å². The molecule has 0 N–H and O–H groups in total. The molecule has 1 atom stereocenters. The van der Waals surface area contributed by atoms with Crippen molar-refractivity contribution >= 4 is 30.8 Å². The van der Waals surface area contributed by atoms with Gasteiger partial charge in [-0.3, -0.25) is 0 Å². The van der Waals surface area contributed by atoms with Gasteiger partial charge in [0, 0.05) is 5.02 Å². The Labute approximate surface area is 97.1 Å². The highest BCUT2D eigenvalue weighted by molar-refractivity contribution is 7.55. The summed E-state index contributed by atoms with van der Waals surface area (Å²) in [4.78, 5) is 0. The van der Waals surface area contributed by atoms with Gasteiger partial charge in [-0.1, -0.05) is 68.2 Å². The topological polar surface area (TPSA) is 0 Å². The standard InChI is InChI=1S/C13H12ClP/c1-10-6-8-11(9-7-10)15-13-5-3-2-4-12(13)14/h2-9,15H,1H3. The van der Waals surface area contributed by atoms with Crippen molar-refractivity contribution in [3.63, 3.8) is 0 Å². The average molecular weight is 235 g/mol. The van der Waals surface area contributed by atoms with Crippen LogP contribution in [0.5, 0.6) is 0 Å². The normalized spacial score (nSPS) is 11.1. The van der Waals surface area contributed by atoms with Crippen molar-refractivity contribution in [1.29, 1.82) is 0 Å². The summed E-state index contributed by atoms with van der Waals surface area (Å²) in [6.07, 6.45) is 0. The Hall–Kier alpha value is -0.840. The first kappa shape index (κ1) is 10.7. The molecule has 2 heteroatoms. The fourth-order valence-electron chi connectivity index (χ4n) is 1.35. The van der Waals surface area contributed by atoms with E-state index in [9.17, 15) is 0 Å². The molecule has 1 unspecified atom stereocenters. The molecule has 2 rings (SSSR count). The van der Waals surface area contributed by atoms with Crippen molar-refractivity contribution in [3.05, 3.63) is 59.1 Å². The third-order valence-corrected chi connectivity index (χ3v) is 4.02. The summed E-state index contributed by atoms with van der Waals surface area (Å²) in [5.41, 5.74) is 1.29. The molecule has 0 nitrogen and oxygen atoms in total. The molecule has 0 aliphatic rings. The summed E-state index contributed by atoms with van der Waals surface area (Å²) in [6, 6.07) is 16.6. The van der Waals surface area contributed by atoms with Crippen molar-refractivity contribution in [3.8, 4) is 0 Å². The van der Waals surface area contributed by atoms with E-state index in [-0.39, 0.29) is 0 Å². The van der Waals surface area contributed by atoms with E-state index >= 15 is 0 Å². The van der Waals surface area contributed by atoms with Crippen LogP contribution in [0.3, 0.4) is 0 Å². The molecule has 0 saturated heterocycles. The largest absolute Gasteiger partial charge is 0.0836 e. The Kier molecular flexibility index (Phi) is 3.41. The minimum atomic E-state index is 0.640. The molecule has 0 heterocycles. The Balaban J connectivity index is 2.22. The van der Waals surface area contributed by atoms with Crippen LogP contribution in [0.15, 0.2) is 48.5 Å². The zero-order valence-electron chi connectivity index (χ0n) is 8.50. The first-order valence-electron chi connectivity index (χ1n) is 4.84. The summed E-state index contributed by atoms with van der Waals surface area (Å²) >= 11 is 6.11. The van der Waals surface area contributed by atoms with E-state index in [1.807, 2.05) is 18.2 Å². The second kappa shape index (κ2) is 4.79. The highest BCUT2D eigenvalue weighted by Gasteiger charge is 1.99. The van der Waals surface area contributed by atoms with E-state index in [2.05, 4.69) is 37.3 Å². The number of rotatable bonds is 2. The predicted molar refractivity (Wildman–Crippen MR) is 70.2 cm³/mol. The molecule has 0 aliphatic heterocycles. The summed E-state index contributed by atoms with van der Waals surface area (Å²) in [6.45, 7) is 2.10. The van der Waals surface area contributed by atoms with E-state index < -0.39 is 0 Å². The van der Waals surface area contributed by atoms with Crippen molar-refractivity contribution in [2.24, 2.45) is 0 Å². The minimum Gasteiger partial charge on any atom is -0.0836 e. The van der Waals surface area contributed by atoms with Gasteiger partial charge in [0.15, 0.2) is 0 Å². The predicted octanol–water partition coefficient (Wildman–Crippen LogP) is 3.28. The van der Waals surface area contributed by atoms with Crippen LogP contribution in [0.4, 0.5) is 0 Å². The van der Waals surface area contributed by atoms with Crippen LogP contribution < -0.4 is 10.6 Å². The van der Waals surface area contributed by atoms with Crippen LogP contribution >= 0.6 is 20.2 Å². The van der Waals surface area contributed by atoms with Gasteiger partial charge in [0.25, 0.3) is 0 Å². The van der Waals surface area contributed by atoms with Crippen LogP contribution in [0.1, 0.15) is 5.56 Å². The molecular weight excluding hydrogens is 223 g/mol. The highest BCUT2D eigenvalue weighted by Crippen LogP contribution is 2.17.